The van der Waals surface area contributed by atoms with Crippen LogP contribution in [0.15, 0.2) is 103 Å². The van der Waals surface area contributed by atoms with E-state index < -0.39 is 7.14 Å². The summed E-state index contributed by atoms with van der Waals surface area (Å²) in [5.41, 5.74) is 9.75. The largest absolute Gasteiger partial charge is 0.457 e. The normalized spacial score (nSPS) is 18.7. The lowest BCUT2D eigenvalue weighted by Gasteiger charge is -2.36. The standard InChI is InChI=1S/C65H75O9P/c1-5-9-15-27-45-49-31-50-46(28-16-10-6-2)52-33-54-48(30-18-12-8-4)56-34-55-47(29-17-11-7-3)53-32-51(45)60-36-62(53)71-41-73-64(55)57(38-75(66,43-23-19-13-20-24-43)44-25-21-14-22-26-44)65(56)74-42-72-63(54)37-61(52)70-40-68-59(50)35-58(49)67-39-69-60/h13-14,19-26,31-37,45-48H,5-12,15-18,27-30,38-42H2,1-4H3. The third kappa shape index (κ3) is 10.1. The summed E-state index contributed by atoms with van der Waals surface area (Å²) in [6, 6.07) is 36.0. The van der Waals surface area contributed by atoms with Crippen molar-refractivity contribution in [2.75, 3.05) is 27.2 Å². The number of unbranched alkanes of at least 4 members (excludes halogenated alkanes) is 8. The minimum Gasteiger partial charge on any atom is -0.457 e. The number of benzene rings is 6. The van der Waals surface area contributed by atoms with Crippen molar-refractivity contribution in [1.82, 2.24) is 0 Å². The smallest absolute Gasteiger partial charge is 0.230 e. The summed E-state index contributed by atoms with van der Waals surface area (Å²) >= 11 is 0. The highest BCUT2D eigenvalue weighted by atomic mass is 31.2. The lowest BCUT2D eigenvalue weighted by atomic mass is 9.75. The Balaban J connectivity index is 1.27. The second-order valence-electron chi connectivity index (χ2n) is 21.4. The van der Waals surface area contributed by atoms with E-state index in [2.05, 4.69) is 70.2 Å². The molecule has 0 radical (unpaired) electrons. The van der Waals surface area contributed by atoms with Crippen LogP contribution in [-0.4, -0.2) is 27.2 Å². The molecule has 0 fully saturated rings. The van der Waals surface area contributed by atoms with Gasteiger partial charge in [0.05, 0.1) is 0 Å². The summed E-state index contributed by atoms with van der Waals surface area (Å²) in [6.45, 7) is 9.00. The van der Waals surface area contributed by atoms with Crippen molar-refractivity contribution in [3.05, 3.63) is 153 Å². The first kappa shape index (κ1) is 51.1. The second-order valence-corrected chi connectivity index (χ2v) is 24.2. The van der Waals surface area contributed by atoms with E-state index in [1.165, 1.54) is 0 Å². The van der Waals surface area contributed by atoms with E-state index >= 15 is 4.57 Å². The van der Waals surface area contributed by atoms with Gasteiger partial charge < -0.3 is 42.5 Å². The SMILES string of the molecule is CCCCCC1c2cc3c4cc2OCOc2cc5c(cc21)C(CCCCC)c1cc2c(c(CP(=O)(c6ccccc6)c6ccccc6)c1OCO5)OCOc1cc(c(cc1C2CCCCC)C3CCCCC)OCO4. The van der Waals surface area contributed by atoms with E-state index in [1.807, 2.05) is 60.7 Å². The van der Waals surface area contributed by atoms with Gasteiger partial charge in [0.2, 0.25) is 27.2 Å². The maximum Gasteiger partial charge on any atom is 0.230 e. The molecule has 394 valence electrons. The predicted molar refractivity (Wildman–Crippen MR) is 298 cm³/mol. The van der Waals surface area contributed by atoms with Crippen LogP contribution in [0.5, 0.6) is 46.0 Å². The molecule has 0 aromatic heterocycles. The quantitative estimate of drug-likeness (QED) is 0.0548. The Morgan fingerprint density at radius 2 is 0.640 bits per heavy atom. The summed E-state index contributed by atoms with van der Waals surface area (Å²) in [5, 5.41) is 1.57. The molecule has 0 spiro atoms. The molecule has 11 rings (SSSR count). The van der Waals surface area contributed by atoms with Crippen LogP contribution < -0.4 is 48.5 Å². The van der Waals surface area contributed by atoms with Crippen molar-refractivity contribution in [2.24, 2.45) is 0 Å². The van der Waals surface area contributed by atoms with Crippen molar-refractivity contribution < 1.29 is 42.5 Å². The zero-order valence-electron chi connectivity index (χ0n) is 44.6. The highest BCUT2D eigenvalue weighted by Gasteiger charge is 2.40. The molecule has 0 saturated heterocycles. The van der Waals surface area contributed by atoms with Crippen LogP contribution in [0.2, 0.25) is 0 Å². The van der Waals surface area contributed by atoms with Gasteiger partial charge in [-0.1, -0.05) is 165 Å². The molecule has 75 heavy (non-hydrogen) atoms. The summed E-state index contributed by atoms with van der Waals surface area (Å²) < 4.78 is 71.3. The van der Waals surface area contributed by atoms with Crippen LogP contribution in [0.4, 0.5) is 0 Å². The molecule has 4 heterocycles. The van der Waals surface area contributed by atoms with Crippen LogP contribution in [0.25, 0.3) is 0 Å². The molecule has 6 aromatic rings. The molecule has 0 saturated carbocycles. The van der Waals surface area contributed by atoms with Gasteiger partial charge in [0, 0.05) is 109 Å². The van der Waals surface area contributed by atoms with Crippen molar-refractivity contribution >= 4 is 17.8 Å². The summed E-state index contributed by atoms with van der Waals surface area (Å²) in [4.78, 5) is 0. The van der Waals surface area contributed by atoms with Gasteiger partial charge in [-0.05, 0) is 49.9 Å². The average Bonchev–Trinajstić information content (AvgIpc) is 3.43. The highest BCUT2D eigenvalue weighted by molar-refractivity contribution is 7.78. The molecule has 4 aliphatic heterocycles. The van der Waals surface area contributed by atoms with E-state index in [9.17, 15) is 0 Å². The molecule has 9 nitrogen and oxygen atoms in total. The molecule has 5 aliphatic rings. The first-order valence-corrected chi connectivity index (χ1v) is 30.3. The predicted octanol–water partition coefficient (Wildman–Crippen LogP) is 16.3. The maximum atomic E-state index is 16.6. The number of rotatable bonds is 20. The summed E-state index contributed by atoms with van der Waals surface area (Å²) in [5.74, 6) is 5.54. The van der Waals surface area contributed by atoms with Gasteiger partial charge in [0.15, 0.2) is 0 Å². The maximum absolute atomic E-state index is 16.6. The van der Waals surface area contributed by atoms with E-state index in [0.29, 0.717) is 11.5 Å². The number of ether oxygens (including phenoxy) is 8. The van der Waals surface area contributed by atoms with E-state index in [-0.39, 0.29) is 57.0 Å². The first-order chi connectivity index (χ1) is 36.9. The van der Waals surface area contributed by atoms with Gasteiger partial charge in [-0.25, -0.2) is 0 Å². The van der Waals surface area contributed by atoms with Crippen LogP contribution >= 0.6 is 7.14 Å². The molecule has 8 bridgehead atoms. The second kappa shape index (κ2) is 23.1. The Morgan fingerprint density at radius 3 is 0.947 bits per heavy atom. The number of hydrogen-bond acceptors (Lipinski definition) is 9. The van der Waals surface area contributed by atoms with Crippen molar-refractivity contribution in [1.29, 1.82) is 0 Å². The Kier molecular flexibility index (Phi) is 15.7. The fourth-order valence-electron chi connectivity index (χ4n) is 12.7. The zero-order chi connectivity index (χ0) is 51.3. The average molecular weight is 1030 g/mol. The summed E-state index contributed by atoms with van der Waals surface area (Å²) in [6.07, 6.45) is 16.5. The van der Waals surface area contributed by atoms with Crippen LogP contribution in [-0.2, 0) is 10.7 Å². The molecular weight excluding hydrogens is 956 g/mol. The molecule has 0 amide bonds. The fourth-order valence-corrected chi connectivity index (χ4v) is 15.4. The lowest BCUT2D eigenvalue weighted by Crippen LogP contribution is -2.24. The van der Waals surface area contributed by atoms with Crippen LogP contribution in [0, 0.1) is 0 Å². The lowest BCUT2D eigenvalue weighted by molar-refractivity contribution is 0.0976. The van der Waals surface area contributed by atoms with Crippen LogP contribution in [0.1, 0.15) is 204 Å². The van der Waals surface area contributed by atoms with Crippen molar-refractivity contribution in [3.8, 4) is 46.0 Å². The zero-order valence-corrected chi connectivity index (χ0v) is 45.5. The van der Waals surface area contributed by atoms with E-state index in [0.717, 1.165) is 198 Å². The minimum absolute atomic E-state index is 0.0295. The third-order valence-corrected chi connectivity index (χ3v) is 19.6. The van der Waals surface area contributed by atoms with Crippen molar-refractivity contribution in [3.63, 3.8) is 0 Å². The minimum atomic E-state index is -3.42. The third-order valence-electron chi connectivity index (χ3n) is 16.6. The van der Waals surface area contributed by atoms with Crippen LogP contribution in [0.3, 0.4) is 0 Å². The topological polar surface area (TPSA) is 90.9 Å². The molecule has 6 aromatic carbocycles. The molecule has 4 unspecified atom stereocenters. The Labute approximate surface area is 444 Å². The summed E-state index contributed by atoms with van der Waals surface area (Å²) in [7, 11) is -3.42. The molecule has 4 atom stereocenters. The van der Waals surface area contributed by atoms with Crippen molar-refractivity contribution in [2.45, 2.75) is 160 Å². The van der Waals surface area contributed by atoms with E-state index in [1.54, 1.807) is 0 Å². The van der Waals surface area contributed by atoms with Gasteiger partial charge in [0.25, 0.3) is 0 Å². The Bertz CT molecular complexity index is 2820. The van der Waals surface area contributed by atoms with Gasteiger partial charge in [-0.2, -0.15) is 0 Å². The first-order valence-electron chi connectivity index (χ1n) is 28.4. The molecule has 10 heteroatoms. The fraction of sp³-hybridized carbons (Fsp3) is 0.446. The van der Waals surface area contributed by atoms with Gasteiger partial charge >= 0.3 is 0 Å². The highest BCUT2D eigenvalue weighted by Crippen LogP contribution is 2.59. The molecule has 0 N–H and O–H groups in total. The van der Waals surface area contributed by atoms with Gasteiger partial charge in [-0.3, -0.25) is 0 Å². The molecule has 1 aliphatic carbocycles. The Hall–Kier alpha value is -6.05. The van der Waals surface area contributed by atoms with Gasteiger partial charge in [-0.15, -0.1) is 0 Å². The molecular formula is C65H75O9P. The van der Waals surface area contributed by atoms with Gasteiger partial charge in [0.1, 0.15) is 53.1 Å². The Morgan fingerprint density at radius 1 is 0.360 bits per heavy atom. The monoisotopic (exact) mass is 1030 g/mol. The number of hydrogen-bond donors (Lipinski definition) is 0. The van der Waals surface area contributed by atoms with E-state index in [4.69, 9.17) is 37.9 Å².